The van der Waals surface area contributed by atoms with Crippen molar-refractivity contribution in [2.45, 2.75) is 72.4 Å². The first kappa shape index (κ1) is 17.0. The number of piperazine rings is 1. The van der Waals surface area contributed by atoms with Crippen LogP contribution in [0.4, 0.5) is 0 Å². The summed E-state index contributed by atoms with van der Waals surface area (Å²) in [5.74, 6) is 0.695. The van der Waals surface area contributed by atoms with Crippen LogP contribution in [0.25, 0.3) is 0 Å². The summed E-state index contributed by atoms with van der Waals surface area (Å²) in [5.41, 5.74) is -0.785. The fourth-order valence-corrected chi connectivity index (χ4v) is 2.87. The van der Waals surface area contributed by atoms with Gasteiger partial charge in [0.25, 0.3) is 0 Å². The predicted octanol–water partition coefficient (Wildman–Crippen LogP) is 2.57. The summed E-state index contributed by atoms with van der Waals surface area (Å²) in [6, 6.07) is -0.318. The number of hydrogen-bond acceptors (Lipinski definition) is 2. The fraction of sp³-hybridized carbons (Fsp3) is 0.875. The normalized spacial score (nSPS) is 23.9. The van der Waals surface area contributed by atoms with Crippen molar-refractivity contribution in [3.63, 3.8) is 0 Å². The van der Waals surface area contributed by atoms with E-state index in [2.05, 4.69) is 33.0 Å². The maximum Gasteiger partial charge on any atom is 0.248 e. The fourth-order valence-electron chi connectivity index (χ4n) is 2.87. The van der Waals surface area contributed by atoms with Crippen LogP contribution in [0, 0.1) is 11.8 Å². The zero-order valence-electron chi connectivity index (χ0n) is 13.8. The van der Waals surface area contributed by atoms with Gasteiger partial charge in [-0.3, -0.25) is 9.59 Å². The van der Waals surface area contributed by atoms with Gasteiger partial charge in [0.1, 0.15) is 11.6 Å². The molecule has 1 heterocycles. The number of nitrogens with one attached hydrogen (secondary N) is 1. The molecule has 0 saturated carbocycles. The highest BCUT2D eigenvalue weighted by molar-refractivity contribution is 5.99. The van der Waals surface area contributed by atoms with Crippen LogP contribution in [0.15, 0.2) is 0 Å². The first-order chi connectivity index (χ1) is 9.28. The lowest BCUT2D eigenvalue weighted by Gasteiger charge is -2.46. The van der Waals surface area contributed by atoms with E-state index in [-0.39, 0.29) is 23.8 Å². The maximum absolute atomic E-state index is 12.7. The Balaban J connectivity index is 3.06. The van der Waals surface area contributed by atoms with E-state index in [0.717, 1.165) is 19.3 Å². The molecule has 0 aromatic heterocycles. The van der Waals surface area contributed by atoms with Crippen molar-refractivity contribution in [1.82, 2.24) is 10.2 Å². The minimum absolute atomic E-state index is 0.00472. The molecule has 1 N–H and O–H groups in total. The highest BCUT2D eigenvalue weighted by atomic mass is 16.2. The Labute approximate surface area is 123 Å². The van der Waals surface area contributed by atoms with E-state index in [1.165, 1.54) is 0 Å². The van der Waals surface area contributed by atoms with Crippen LogP contribution in [-0.2, 0) is 9.59 Å². The van der Waals surface area contributed by atoms with Gasteiger partial charge in [-0.15, -0.1) is 0 Å². The van der Waals surface area contributed by atoms with Gasteiger partial charge in [0.05, 0.1) is 0 Å². The van der Waals surface area contributed by atoms with Crippen molar-refractivity contribution in [2.24, 2.45) is 11.8 Å². The van der Waals surface area contributed by atoms with Gasteiger partial charge < -0.3 is 10.2 Å². The summed E-state index contributed by atoms with van der Waals surface area (Å²) in [6.45, 7) is 12.7. The number of amides is 2. The maximum atomic E-state index is 12.7. The molecule has 0 aromatic carbocycles. The zero-order chi connectivity index (χ0) is 15.5. The summed E-state index contributed by atoms with van der Waals surface area (Å²) in [5, 5.41) is 2.88. The van der Waals surface area contributed by atoms with Crippen molar-refractivity contribution in [3.05, 3.63) is 0 Å². The molecular weight excluding hydrogens is 252 g/mol. The Morgan fingerprint density at radius 3 is 2.15 bits per heavy atom. The average Bonchev–Trinajstić information content (AvgIpc) is 2.40. The van der Waals surface area contributed by atoms with Crippen molar-refractivity contribution in [1.29, 1.82) is 0 Å². The lowest BCUT2D eigenvalue weighted by atomic mass is 9.88. The van der Waals surface area contributed by atoms with Crippen LogP contribution >= 0.6 is 0 Å². The summed E-state index contributed by atoms with van der Waals surface area (Å²) in [7, 11) is 0. The van der Waals surface area contributed by atoms with E-state index in [9.17, 15) is 9.59 Å². The van der Waals surface area contributed by atoms with E-state index in [0.29, 0.717) is 12.5 Å². The van der Waals surface area contributed by atoms with E-state index < -0.39 is 5.54 Å². The quantitative estimate of drug-likeness (QED) is 0.814. The van der Waals surface area contributed by atoms with Gasteiger partial charge in [0.15, 0.2) is 0 Å². The van der Waals surface area contributed by atoms with Gasteiger partial charge in [-0.05, 0) is 25.7 Å². The SMILES string of the molecule is CCC(CC)CN1C(=O)C(C)(C)NC(=O)C1C(C)CC. The molecule has 20 heavy (non-hydrogen) atoms. The van der Waals surface area contributed by atoms with Crippen LogP contribution in [-0.4, -0.2) is 34.8 Å². The second kappa shape index (κ2) is 6.59. The standard InChI is InChI=1S/C16H30N2O2/c1-7-11(4)13-14(19)17-16(5,6)15(20)18(13)10-12(8-2)9-3/h11-13H,7-10H2,1-6H3,(H,17,19). The lowest BCUT2D eigenvalue weighted by molar-refractivity contribution is -0.156. The minimum Gasteiger partial charge on any atom is -0.340 e. The first-order valence-electron chi connectivity index (χ1n) is 7.91. The molecule has 0 aliphatic carbocycles. The third-order valence-corrected chi connectivity index (χ3v) is 4.63. The van der Waals surface area contributed by atoms with Gasteiger partial charge in [-0.1, -0.05) is 47.0 Å². The highest BCUT2D eigenvalue weighted by Crippen LogP contribution is 2.26. The largest absolute Gasteiger partial charge is 0.340 e. The molecule has 116 valence electrons. The molecule has 0 bridgehead atoms. The van der Waals surface area contributed by atoms with Crippen molar-refractivity contribution in [2.75, 3.05) is 6.54 Å². The van der Waals surface area contributed by atoms with E-state index >= 15 is 0 Å². The van der Waals surface area contributed by atoms with E-state index in [4.69, 9.17) is 0 Å². The molecule has 0 aromatic rings. The molecule has 1 aliphatic rings. The summed E-state index contributed by atoms with van der Waals surface area (Å²) >= 11 is 0. The Morgan fingerprint density at radius 2 is 1.70 bits per heavy atom. The Bertz CT molecular complexity index is 361. The van der Waals surface area contributed by atoms with Crippen LogP contribution < -0.4 is 5.32 Å². The molecule has 0 spiro atoms. The van der Waals surface area contributed by atoms with E-state index in [1.54, 1.807) is 13.8 Å². The number of rotatable bonds is 6. The molecule has 4 heteroatoms. The number of nitrogens with zero attached hydrogens (tertiary/aromatic N) is 1. The first-order valence-corrected chi connectivity index (χ1v) is 7.91. The molecule has 4 nitrogen and oxygen atoms in total. The monoisotopic (exact) mass is 282 g/mol. The van der Waals surface area contributed by atoms with Crippen LogP contribution in [0.2, 0.25) is 0 Å². The number of carbonyl (C=O) groups is 2. The average molecular weight is 282 g/mol. The van der Waals surface area contributed by atoms with E-state index in [1.807, 2.05) is 4.90 Å². The van der Waals surface area contributed by atoms with Gasteiger partial charge >= 0.3 is 0 Å². The molecule has 1 fully saturated rings. The van der Waals surface area contributed by atoms with Crippen LogP contribution in [0.3, 0.4) is 0 Å². The molecule has 1 aliphatic heterocycles. The minimum atomic E-state index is -0.785. The highest BCUT2D eigenvalue weighted by Gasteiger charge is 2.46. The predicted molar refractivity (Wildman–Crippen MR) is 81.2 cm³/mol. The van der Waals surface area contributed by atoms with Crippen LogP contribution in [0.1, 0.15) is 60.8 Å². The second-order valence-electron chi connectivity index (χ2n) is 6.58. The molecular formula is C16H30N2O2. The van der Waals surface area contributed by atoms with Gasteiger partial charge in [0.2, 0.25) is 11.8 Å². The number of hydrogen-bond donors (Lipinski definition) is 1. The Morgan fingerprint density at radius 1 is 1.15 bits per heavy atom. The van der Waals surface area contributed by atoms with Gasteiger partial charge in [-0.25, -0.2) is 0 Å². The van der Waals surface area contributed by atoms with Crippen molar-refractivity contribution < 1.29 is 9.59 Å². The smallest absolute Gasteiger partial charge is 0.248 e. The lowest BCUT2D eigenvalue weighted by Crippen LogP contribution is -2.69. The summed E-state index contributed by atoms with van der Waals surface area (Å²) < 4.78 is 0. The van der Waals surface area contributed by atoms with Crippen LogP contribution in [0.5, 0.6) is 0 Å². The van der Waals surface area contributed by atoms with Crippen molar-refractivity contribution >= 4 is 11.8 Å². The Hall–Kier alpha value is -1.06. The third-order valence-electron chi connectivity index (χ3n) is 4.63. The third kappa shape index (κ3) is 3.33. The second-order valence-corrected chi connectivity index (χ2v) is 6.58. The topological polar surface area (TPSA) is 49.4 Å². The molecule has 2 atom stereocenters. The molecule has 2 amide bonds. The zero-order valence-corrected chi connectivity index (χ0v) is 13.8. The van der Waals surface area contributed by atoms with Gasteiger partial charge in [0, 0.05) is 6.54 Å². The molecule has 1 rings (SSSR count). The molecule has 2 unspecified atom stereocenters. The summed E-state index contributed by atoms with van der Waals surface area (Å²) in [6.07, 6.45) is 2.97. The molecule has 1 saturated heterocycles. The van der Waals surface area contributed by atoms with Crippen molar-refractivity contribution in [3.8, 4) is 0 Å². The number of carbonyl (C=O) groups excluding carboxylic acids is 2. The summed E-state index contributed by atoms with van der Waals surface area (Å²) in [4.78, 5) is 27.0. The Kier molecular flexibility index (Phi) is 5.60. The molecule has 0 radical (unpaired) electrons. The van der Waals surface area contributed by atoms with Gasteiger partial charge in [-0.2, -0.15) is 0 Å².